The van der Waals surface area contributed by atoms with Gasteiger partial charge in [-0.1, -0.05) is 0 Å². The Hall–Kier alpha value is -0.640. The van der Waals surface area contributed by atoms with Gasteiger partial charge in [0.25, 0.3) is 0 Å². The Morgan fingerprint density at radius 3 is 1.62 bits per heavy atom. The van der Waals surface area contributed by atoms with E-state index in [1.807, 2.05) is 0 Å². The minimum Gasteiger partial charge on any atom is -0.394 e. The summed E-state index contributed by atoms with van der Waals surface area (Å²) in [6.07, 6.45) is -24.9. The van der Waals surface area contributed by atoms with Crippen molar-refractivity contribution in [2.24, 2.45) is 0 Å². The third kappa shape index (κ3) is 5.52. The number of hydrogen-bond acceptors (Lipinski definition) is 16. The Morgan fingerprint density at radius 2 is 1.03 bits per heavy atom. The van der Waals surface area contributed by atoms with Crippen LogP contribution in [0.1, 0.15) is 0 Å². The lowest BCUT2D eigenvalue weighted by Gasteiger charge is -2.45. The van der Waals surface area contributed by atoms with Gasteiger partial charge in [-0.25, -0.2) is 0 Å². The maximum atomic E-state index is 10.3. The fourth-order valence-electron chi connectivity index (χ4n) is 3.95. The van der Waals surface area contributed by atoms with Crippen molar-refractivity contribution in [3.8, 4) is 0 Å². The lowest BCUT2D eigenvalue weighted by molar-refractivity contribution is -0.362. The van der Waals surface area contributed by atoms with Crippen LogP contribution >= 0.6 is 0 Å². The molecule has 15 atom stereocenters. The highest BCUT2D eigenvalue weighted by molar-refractivity contribution is 4.94. The van der Waals surface area contributed by atoms with Crippen molar-refractivity contribution < 1.29 is 79.9 Å². The number of aliphatic hydroxyl groups is 11. The third-order valence-corrected chi connectivity index (χ3v) is 6.07. The largest absolute Gasteiger partial charge is 0.394 e. The van der Waals surface area contributed by atoms with Crippen molar-refractivity contribution in [1.29, 1.82) is 0 Å². The summed E-state index contributed by atoms with van der Waals surface area (Å²) >= 11 is 0. The van der Waals surface area contributed by atoms with Gasteiger partial charge in [-0.05, 0) is 0 Å². The van der Waals surface area contributed by atoms with Crippen LogP contribution in [0, 0.1) is 0 Å². The molecule has 0 aromatic heterocycles. The Labute approximate surface area is 192 Å². The van der Waals surface area contributed by atoms with Gasteiger partial charge in [-0.15, -0.1) is 0 Å². The van der Waals surface area contributed by atoms with E-state index in [-0.39, 0.29) is 0 Å². The van der Waals surface area contributed by atoms with E-state index in [1.165, 1.54) is 0 Å². The maximum absolute atomic E-state index is 10.3. The molecule has 0 saturated carbocycles. The summed E-state index contributed by atoms with van der Waals surface area (Å²) in [5.74, 6) is 0. The highest BCUT2D eigenvalue weighted by Gasteiger charge is 2.51. The summed E-state index contributed by atoms with van der Waals surface area (Å²) in [6.45, 7) is -2.07. The lowest BCUT2D eigenvalue weighted by Crippen LogP contribution is -2.65. The third-order valence-electron chi connectivity index (χ3n) is 6.07. The summed E-state index contributed by atoms with van der Waals surface area (Å²) in [6, 6.07) is 0. The van der Waals surface area contributed by atoms with Crippen molar-refractivity contribution in [3.63, 3.8) is 0 Å². The van der Waals surface area contributed by atoms with E-state index >= 15 is 0 Å². The second kappa shape index (κ2) is 11.6. The molecule has 0 aliphatic carbocycles. The second-order valence-corrected chi connectivity index (χ2v) is 8.37. The molecule has 0 unspecified atom stereocenters. The van der Waals surface area contributed by atoms with Gasteiger partial charge >= 0.3 is 0 Å². The van der Waals surface area contributed by atoms with Crippen LogP contribution in [0.5, 0.6) is 0 Å². The maximum Gasteiger partial charge on any atom is 0.187 e. The molecule has 0 radical (unpaired) electrons. The lowest BCUT2D eigenvalue weighted by atomic mass is 9.97. The van der Waals surface area contributed by atoms with Gasteiger partial charge in [0.2, 0.25) is 0 Å². The predicted molar refractivity (Wildman–Crippen MR) is 101 cm³/mol. The van der Waals surface area contributed by atoms with Crippen molar-refractivity contribution in [1.82, 2.24) is 0 Å². The first-order valence-corrected chi connectivity index (χ1v) is 10.6. The molecule has 0 aromatic carbocycles. The van der Waals surface area contributed by atoms with Crippen LogP contribution in [0.25, 0.3) is 0 Å². The quantitative estimate of drug-likeness (QED) is 0.154. The molecule has 3 rings (SSSR count). The SMILES string of the molecule is OC[C@H]1O[C@H](OC[C@H]2O[C@@H](O[C@H]3[C@H](O)[C@@H](O)[C@H](O)O[C@@H]3CO)[C@H](O)[C@@H](O)[C@H]2O)[C@H](O)[C@@H](O)[C@H]1O. The Balaban J connectivity index is 1.66. The molecule has 0 amide bonds. The summed E-state index contributed by atoms with van der Waals surface area (Å²) in [5, 5.41) is 109. The van der Waals surface area contributed by atoms with E-state index in [0.29, 0.717) is 0 Å². The van der Waals surface area contributed by atoms with Crippen LogP contribution in [0.4, 0.5) is 0 Å². The molecule has 3 aliphatic rings. The van der Waals surface area contributed by atoms with Crippen molar-refractivity contribution in [3.05, 3.63) is 0 Å². The summed E-state index contributed by atoms with van der Waals surface area (Å²) in [7, 11) is 0. The molecule has 34 heavy (non-hydrogen) atoms. The summed E-state index contributed by atoms with van der Waals surface area (Å²) in [4.78, 5) is 0. The van der Waals surface area contributed by atoms with Gasteiger partial charge < -0.3 is 79.9 Å². The number of hydrogen-bond donors (Lipinski definition) is 11. The summed E-state index contributed by atoms with van der Waals surface area (Å²) < 4.78 is 26.3. The van der Waals surface area contributed by atoms with E-state index in [4.69, 9.17) is 23.7 Å². The first-order valence-electron chi connectivity index (χ1n) is 10.6. The van der Waals surface area contributed by atoms with Crippen LogP contribution in [0.2, 0.25) is 0 Å². The predicted octanol–water partition coefficient (Wildman–Crippen LogP) is -7.57. The molecule has 3 aliphatic heterocycles. The number of rotatable bonds is 7. The highest BCUT2D eigenvalue weighted by Crippen LogP contribution is 2.29. The van der Waals surface area contributed by atoms with Crippen molar-refractivity contribution in [2.45, 2.75) is 92.1 Å². The molecular weight excluding hydrogens is 472 g/mol. The van der Waals surface area contributed by atoms with Gasteiger partial charge in [-0.3, -0.25) is 0 Å². The topological polar surface area (TPSA) is 269 Å². The monoisotopic (exact) mass is 504 g/mol. The average Bonchev–Trinajstić information content (AvgIpc) is 2.82. The van der Waals surface area contributed by atoms with Gasteiger partial charge in [0, 0.05) is 0 Å². The highest BCUT2D eigenvalue weighted by atomic mass is 16.7. The Morgan fingerprint density at radius 1 is 0.500 bits per heavy atom. The first kappa shape index (κ1) is 27.9. The van der Waals surface area contributed by atoms with E-state index in [0.717, 1.165) is 0 Å². The minimum atomic E-state index is -1.87. The molecule has 11 N–H and O–H groups in total. The van der Waals surface area contributed by atoms with Crippen LogP contribution in [0.15, 0.2) is 0 Å². The van der Waals surface area contributed by atoms with Crippen LogP contribution in [0.3, 0.4) is 0 Å². The molecule has 200 valence electrons. The van der Waals surface area contributed by atoms with Crippen LogP contribution in [-0.2, 0) is 23.7 Å². The number of ether oxygens (including phenoxy) is 5. The molecule has 16 nitrogen and oxygen atoms in total. The zero-order chi connectivity index (χ0) is 25.3. The molecule has 0 aromatic rings. The fourth-order valence-corrected chi connectivity index (χ4v) is 3.95. The average molecular weight is 504 g/mol. The summed E-state index contributed by atoms with van der Waals surface area (Å²) in [5.41, 5.74) is 0. The smallest absolute Gasteiger partial charge is 0.187 e. The van der Waals surface area contributed by atoms with E-state index < -0.39 is 112 Å². The molecule has 3 heterocycles. The van der Waals surface area contributed by atoms with Crippen LogP contribution < -0.4 is 0 Å². The van der Waals surface area contributed by atoms with Crippen molar-refractivity contribution in [2.75, 3.05) is 19.8 Å². The minimum absolute atomic E-state index is 0.609. The molecular formula is C18H32O16. The fraction of sp³-hybridized carbons (Fsp3) is 1.00. The van der Waals surface area contributed by atoms with Crippen molar-refractivity contribution >= 4 is 0 Å². The zero-order valence-corrected chi connectivity index (χ0v) is 17.7. The second-order valence-electron chi connectivity index (χ2n) is 8.37. The molecule has 0 bridgehead atoms. The molecule has 3 saturated heterocycles. The van der Waals surface area contributed by atoms with Gasteiger partial charge in [0.15, 0.2) is 18.9 Å². The molecule has 0 spiro atoms. The Bertz CT molecular complexity index is 637. The first-order chi connectivity index (χ1) is 16.0. The molecule has 3 fully saturated rings. The van der Waals surface area contributed by atoms with Gasteiger partial charge in [-0.2, -0.15) is 0 Å². The van der Waals surface area contributed by atoms with E-state index in [2.05, 4.69) is 0 Å². The number of aliphatic hydroxyl groups excluding tert-OH is 11. The van der Waals surface area contributed by atoms with Gasteiger partial charge in [0.1, 0.15) is 73.2 Å². The standard InChI is InChI=1S/C18H32O16/c19-1-4-7(21)9(23)13(27)17(32-4)30-3-6-8(22)10(24)14(28)18(33-6)34-15-5(2-20)31-16(29)12(26)11(15)25/h4-29H,1-3H2/t4-,5-,6-,7+,8+,9+,10+,11-,12-,13-,14-,15-,16-,17+,18+/m1/s1. The van der Waals surface area contributed by atoms with E-state index in [9.17, 15) is 56.2 Å². The Kier molecular flexibility index (Phi) is 9.54. The van der Waals surface area contributed by atoms with Gasteiger partial charge in [0.05, 0.1) is 19.8 Å². The molecule has 16 heteroatoms. The zero-order valence-electron chi connectivity index (χ0n) is 17.7. The van der Waals surface area contributed by atoms with Crippen LogP contribution in [-0.4, -0.2) is 168 Å². The normalized spacial score (nSPS) is 52.5. The van der Waals surface area contributed by atoms with E-state index in [1.54, 1.807) is 0 Å².